The van der Waals surface area contributed by atoms with Crippen LogP contribution in [-0.2, 0) is 76.8 Å². The molecule has 0 bridgehead atoms. The number of nitrogens with two attached hydrogens (primary N) is 2. The summed E-state index contributed by atoms with van der Waals surface area (Å²) in [6, 6.07) is 6.16. The SMILES string of the molecule is CC[C@H](C)[C@H](NC(=O)[C@H](Cc1ccccc1)NC(=O)[C@@H](N)Cc1ccc(O)cc1)C(=O)N[C@@H](CCC(=O)O)C(=O)N[C@@H](CC(N)=O)C(=O)N[C@@H](Cc1ccc(O)cc1)C(=O)N[C@@H](CC(C)C)C(=O)N[C@@H](CCC(=O)O)C(=O)N[C@@H](CC(C)C)C(=O)O. The van der Waals surface area contributed by atoms with Crippen LogP contribution in [-0.4, -0.2) is 151 Å². The number of carbonyl (C=O) groups excluding carboxylic acids is 9. The van der Waals surface area contributed by atoms with E-state index in [1.165, 1.54) is 36.4 Å². The maximum absolute atomic E-state index is 14.4. The second kappa shape index (κ2) is 35.2. The molecule has 470 valence electrons. The van der Waals surface area contributed by atoms with Crippen LogP contribution in [0.15, 0.2) is 78.9 Å². The minimum absolute atomic E-state index is 0.000266. The lowest BCUT2D eigenvalue weighted by atomic mass is 9.96. The number of carboxylic acid groups (broad SMARTS) is 3. The number of aromatic hydroxyl groups is 2. The number of nitrogens with one attached hydrogen (secondary N) is 8. The number of carbonyl (C=O) groups is 12. The van der Waals surface area contributed by atoms with Gasteiger partial charge in [-0.3, -0.25) is 52.7 Å². The number of primary amides is 1. The molecular weight excluding hydrogens is 1120 g/mol. The third kappa shape index (κ3) is 25.4. The monoisotopic (exact) mass is 1200 g/mol. The number of benzene rings is 3. The summed E-state index contributed by atoms with van der Waals surface area (Å²) in [5.74, 6) is -14.7. The van der Waals surface area contributed by atoms with E-state index < -0.39 is 163 Å². The van der Waals surface area contributed by atoms with Gasteiger partial charge in [0.25, 0.3) is 0 Å². The third-order valence-corrected chi connectivity index (χ3v) is 13.7. The lowest BCUT2D eigenvalue weighted by Gasteiger charge is -2.29. The topological polar surface area (TPSA) is 454 Å². The molecule has 27 nitrogen and oxygen atoms in total. The minimum atomic E-state index is -1.93. The zero-order valence-corrected chi connectivity index (χ0v) is 49.0. The van der Waals surface area contributed by atoms with Crippen molar-refractivity contribution in [3.8, 4) is 11.5 Å². The average molecular weight is 1200 g/mol. The maximum Gasteiger partial charge on any atom is 0.326 e. The van der Waals surface area contributed by atoms with Crippen molar-refractivity contribution in [1.29, 1.82) is 0 Å². The molecule has 0 radical (unpaired) electrons. The fraction of sp³-hybridized carbons (Fsp3) is 0.492. The molecular formula is C59H82N10O17. The molecule has 10 atom stereocenters. The first-order valence-corrected chi connectivity index (χ1v) is 28.2. The molecule has 3 rings (SSSR count). The number of rotatable bonds is 37. The normalized spacial score (nSPS) is 14.6. The standard InChI is InChI=1S/C59H82N10O17/c1-7-33(6)50(69-57(83)44(28-34-11-9-8-10-12-34)64-51(77)39(60)27-35-13-17-37(70)18-14-35)58(84)63-41(22-24-49(75)76)52(78)67-45(30-47(61)72)56(82)66-43(29-36-15-19-38(71)20-16-36)55(81)65-42(25-31(2)3)54(80)62-40(21-23-48(73)74)53(79)68-46(59(85)86)26-32(4)5/h8-20,31-33,39-46,50,70-71H,7,21-30,60H2,1-6H3,(H2,61,72)(H,62,80)(H,63,84)(H,64,77)(H,65,81)(H,66,82)(H,67,78)(H,68,79)(H,69,83)(H,73,74)(H,75,76)(H,85,86)/t33-,39-,40-,41-,42-,43-,44-,45-,46-,50-/m0/s1. The van der Waals surface area contributed by atoms with E-state index in [1.807, 2.05) is 0 Å². The number of carboxylic acids is 3. The Kier molecular flexibility index (Phi) is 29.1. The summed E-state index contributed by atoms with van der Waals surface area (Å²) < 4.78 is 0. The Morgan fingerprint density at radius 1 is 0.430 bits per heavy atom. The van der Waals surface area contributed by atoms with E-state index in [0.29, 0.717) is 16.7 Å². The molecule has 0 aliphatic heterocycles. The van der Waals surface area contributed by atoms with Crippen LogP contribution in [0.5, 0.6) is 11.5 Å². The number of phenolic OH excluding ortho intramolecular Hbond substituents is 2. The van der Waals surface area contributed by atoms with E-state index in [-0.39, 0.29) is 61.9 Å². The fourth-order valence-electron chi connectivity index (χ4n) is 8.85. The van der Waals surface area contributed by atoms with Crippen LogP contribution in [0, 0.1) is 17.8 Å². The minimum Gasteiger partial charge on any atom is -0.508 e. The van der Waals surface area contributed by atoms with Crippen molar-refractivity contribution in [1.82, 2.24) is 42.5 Å². The Hall–Kier alpha value is -9.14. The number of phenols is 2. The number of aliphatic carboxylic acids is 3. The highest BCUT2D eigenvalue weighted by molar-refractivity contribution is 5.99. The lowest BCUT2D eigenvalue weighted by Crippen LogP contribution is -2.61. The molecule has 86 heavy (non-hydrogen) atoms. The first-order chi connectivity index (χ1) is 40.5. The second-order valence-corrected chi connectivity index (χ2v) is 22.0. The first-order valence-electron chi connectivity index (χ1n) is 28.2. The molecule has 9 amide bonds. The van der Waals surface area contributed by atoms with E-state index in [2.05, 4.69) is 42.5 Å². The van der Waals surface area contributed by atoms with E-state index in [1.54, 1.807) is 84.0 Å². The van der Waals surface area contributed by atoms with Gasteiger partial charge < -0.3 is 79.5 Å². The van der Waals surface area contributed by atoms with Gasteiger partial charge >= 0.3 is 17.9 Å². The van der Waals surface area contributed by atoms with Gasteiger partial charge in [-0.05, 0) is 90.8 Å². The third-order valence-electron chi connectivity index (χ3n) is 13.7. The fourth-order valence-corrected chi connectivity index (χ4v) is 8.85. The predicted octanol–water partition coefficient (Wildman–Crippen LogP) is 0.159. The van der Waals surface area contributed by atoms with Gasteiger partial charge in [-0.1, -0.05) is 103 Å². The lowest BCUT2D eigenvalue weighted by molar-refractivity contribution is -0.143. The van der Waals surface area contributed by atoms with Crippen molar-refractivity contribution in [2.45, 2.75) is 167 Å². The molecule has 0 spiro atoms. The highest BCUT2D eigenvalue weighted by Gasteiger charge is 2.37. The summed E-state index contributed by atoms with van der Waals surface area (Å²) in [5, 5.41) is 68.5. The zero-order valence-electron chi connectivity index (χ0n) is 49.0. The molecule has 17 N–H and O–H groups in total. The van der Waals surface area contributed by atoms with Gasteiger partial charge in [-0.2, -0.15) is 0 Å². The van der Waals surface area contributed by atoms with Crippen molar-refractivity contribution in [2.24, 2.45) is 29.2 Å². The van der Waals surface area contributed by atoms with Crippen LogP contribution in [0.2, 0.25) is 0 Å². The average Bonchev–Trinajstić information content (AvgIpc) is 2.55. The van der Waals surface area contributed by atoms with Crippen LogP contribution in [0.25, 0.3) is 0 Å². The molecule has 0 unspecified atom stereocenters. The Morgan fingerprint density at radius 2 is 0.791 bits per heavy atom. The molecule has 0 aliphatic rings. The second-order valence-electron chi connectivity index (χ2n) is 22.0. The van der Waals surface area contributed by atoms with Crippen LogP contribution < -0.4 is 54.0 Å². The molecule has 0 heterocycles. The van der Waals surface area contributed by atoms with Gasteiger partial charge in [-0.15, -0.1) is 0 Å². The highest BCUT2D eigenvalue weighted by Crippen LogP contribution is 2.17. The number of hydrogen-bond acceptors (Lipinski definition) is 15. The summed E-state index contributed by atoms with van der Waals surface area (Å²) in [4.78, 5) is 161. The zero-order chi connectivity index (χ0) is 64.4. The summed E-state index contributed by atoms with van der Waals surface area (Å²) in [6.07, 6.45) is -3.63. The largest absolute Gasteiger partial charge is 0.508 e. The maximum atomic E-state index is 14.4. The van der Waals surface area contributed by atoms with Crippen molar-refractivity contribution in [2.75, 3.05) is 0 Å². The summed E-state index contributed by atoms with van der Waals surface area (Å²) in [6.45, 7) is 10.1. The molecule has 3 aromatic carbocycles. The van der Waals surface area contributed by atoms with Gasteiger partial charge in [-0.25, -0.2) is 4.79 Å². The van der Waals surface area contributed by atoms with Crippen LogP contribution in [0.1, 0.15) is 110 Å². The van der Waals surface area contributed by atoms with Crippen LogP contribution in [0.3, 0.4) is 0 Å². The molecule has 0 aliphatic carbocycles. The smallest absolute Gasteiger partial charge is 0.326 e. The van der Waals surface area contributed by atoms with E-state index >= 15 is 0 Å². The Morgan fingerprint density at radius 3 is 1.24 bits per heavy atom. The quantitative estimate of drug-likeness (QED) is 0.0366. The first kappa shape index (κ1) is 71.1. The number of hydrogen-bond donors (Lipinski definition) is 15. The Balaban J connectivity index is 1.96. The van der Waals surface area contributed by atoms with Crippen molar-refractivity contribution in [3.63, 3.8) is 0 Å². The Bertz CT molecular complexity index is 2820. The Labute approximate surface area is 497 Å². The van der Waals surface area contributed by atoms with Crippen molar-refractivity contribution < 1.29 is 83.1 Å². The molecule has 0 saturated heterocycles. The predicted molar refractivity (Wildman–Crippen MR) is 311 cm³/mol. The highest BCUT2D eigenvalue weighted by atomic mass is 16.4. The van der Waals surface area contributed by atoms with Gasteiger partial charge in [0.15, 0.2) is 0 Å². The van der Waals surface area contributed by atoms with Crippen molar-refractivity contribution in [3.05, 3.63) is 95.6 Å². The van der Waals surface area contributed by atoms with Crippen LogP contribution in [0.4, 0.5) is 0 Å². The molecule has 0 aromatic heterocycles. The molecule has 27 heteroatoms. The summed E-state index contributed by atoms with van der Waals surface area (Å²) >= 11 is 0. The molecule has 0 fully saturated rings. The number of amides is 9. The van der Waals surface area contributed by atoms with Crippen molar-refractivity contribution >= 4 is 71.1 Å². The molecule has 0 saturated carbocycles. The van der Waals surface area contributed by atoms with Gasteiger partial charge in [0.2, 0.25) is 53.2 Å². The summed E-state index contributed by atoms with van der Waals surface area (Å²) in [7, 11) is 0. The van der Waals surface area contributed by atoms with E-state index in [0.717, 1.165) is 0 Å². The van der Waals surface area contributed by atoms with Gasteiger partial charge in [0.05, 0.1) is 12.5 Å². The molecule has 3 aromatic rings. The van der Waals surface area contributed by atoms with Crippen LogP contribution >= 0.6 is 0 Å². The van der Waals surface area contributed by atoms with Gasteiger partial charge in [0, 0.05) is 25.7 Å². The van der Waals surface area contributed by atoms with Gasteiger partial charge in [0.1, 0.15) is 59.8 Å². The van der Waals surface area contributed by atoms with E-state index in [9.17, 15) is 83.1 Å². The van der Waals surface area contributed by atoms with E-state index in [4.69, 9.17) is 11.5 Å². The summed E-state index contributed by atoms with van der Waals surface area (Å²) in [5.41, 5.74) is 13.4.